The summed E-state index contributed by atoms with van der Waals surface area (Å²) in [6, 6.07) is 5.49. The number of hydrogen-bond donors (Lipinski definition) is 0. The number of carbonyl (C=O) groups is 1. The lowest BCUT2D eigenvalue weighted by Gasteiger charge is -2.09. The van der Waals surface area contributed by atoms with Crippen molar-refractivity contribution in [2.75, 3.05) is 11.9 Å². The summed E-state index contributed by atoms with van der Waals surface area (Å²) in [5.74, 6) is 0.753. The van der Waals surface area contributed by atoms with Crippen molar-refractivity contribution in [3.05, 3.63) is 28.2 Å². The summed E-state index contributed by atoms with van der Waals surface area (Å²) in [7, 11) is 0. The maximum absolute atomic E-state index is 11.8. The molecule has 1 aromatic rings. The summed E-state index contributed by atoms with van der Waals surface area (Å²) >= 11 is 6.60. The number of carbonyl (C=O) groups excluding carboxylic acids is 1. The Bertz CT molecular complexity index is 350. The van der Waals surface area contributed by atoms with Crippen LogP contribution in [-0.2, 0) is 0 Å². The molecule has 0 aliphatic carbocycles. The van der Waals surface area contributed by atoms with E-state index in [1.54, 1.807) is 6.07 Å². The molecular weight excluding hydrogens is 324 g/mol. The summed E-state index contributed by atoms with van der Waals surface area (Å²) in [6.45, 7) is 2.47. The van der Waals surface area contributed by atoms with Crippen LogP contribution in [0.25, 0.3) is 0 Å². The molecule has 0 unspecified atom stereocenters. The normalized spacial score (nSPS) is 10.1. The fourth-order valence-electron chi connectivity index (χ4n) is 1.22. The van der Waals surface area contributed by atoms with Gasteiger partial charge in [-0.2, -0.15) is 0 Å². The summed E-state index contributed by atoms with van der Waals surface area (Å²) in [4.78, 5) is 11.8. The van der Waals surface area contributed by atoms with Gasteiger partial charge in [-0.1, -0.05) is 31.9 Å². The molecule has 0 fully saturated rings. The molecule has 82 valence electrons. The van der Waals surface area contributed by atoms with Crippen molar-refractivity contribution in [1.82, 2.24) is 0 Å². The Hall–Kier alpha value is -0.350. The smallest absolute Gasteiger partial charge is 0.167 e. The Morgan fingerprint density at radius 3 is 2.80 bits per heavy atom. The molecule has 0 saturated heterocycles. The molecule has 0 atom stereocenters. The van der Waals surface area contributed by atoms with E-state index in [1.165, 1.54) is 0 Å². The van der Waals surface area contributed by atoms with Gasteiger partial charge in [-0.15, -0.1) is 0 Å². The summed E-state index contributed by atoms with van der Waals surface area (Å²) < 4.78 is 6.29. The van der Waals surface area contributed by atoms with Gasteiger partial charge in [0.1, 0.15) is 5.75 Å². The van der Waals surface area contributed by atoms with Crippen LogP contribution >= 0.6 is 31.9 Å². The van der Waals surface area contributed by atoms with Crippen LogP contribution in [0.3, 0.4) is 0 Å². The summed E-state index contributed by atoms with van der Waals surface area (Å²) in [6.07, 6.45) is 0.483. The average Bonchev–Trinajstić information content (AvgIpc) is 2.21. The van der Waals surface area contributed by atoms with Crippen LogP contribution in [0.5, 0.6) is 5.75 Å². The maximum Gasteiger partial charge on any atom is 0.167 e. The molecule has 0 saturated carbocycles. The van der Waals surface area contributed by atoms with Gasteiger partial charge in [-0.3, -0.25) is 4.79 Å². The molecular formula is C11H12Br2O2. The zero-order chi connectivity index (χ0) is 11.3. The second kappa shape index (κ2) is 6.28. The van der Waals surface area contributed by atoms with Crippen molar-refractivity contribution in [3.63, 3.8) is 0 Å². The molecule has 0 aliphatic heterocycles. The number of ether oxygens (including phenoxy) is 1. The molecule has 1 rings (SSSR count). The molecule has 0 heterocycles. The Morgan fingerprint density at radius 1 is 1.47 bits per heavy atom. The zero-order valence-electron chi connectivity index (χ0n) is 8.43. The Kier molecular flexibility index (Phi) is 5.32. The number of benzene rings is 1. The third-order valence-electron chi connectivity index (χ3n) is 1.86. The van der Waals surface area contributed by atoms with Gasteiger partial charge in [0.25, 0.3) is 0 Å². The SMILES string of the molecule is CCOc1ccc(Br)cc1C(=O)CCBr. The van der Waals surface area contributed by atoms with Crippen LogP contribution < -0.4 is 4.74 Å². The minimum absolute atomic E-state index is 0.0941. The van der Waals surface area contributed by atoms with E-state index in [2.05, 4.69) is 31.9 Å². The van der Waals surface area contributed by atoms with Crippen LogP contribution in [0.1, 0.15) is 23.7 Å². The largest absolute Gasteiger partial charge is 0.493 e. The standard InChI is InChI=1S/C11H12Br2O2/c1-2-15-11-4-3-8(13)7-9(11)10(14)5-6-12/h3-4,7H,2,5-6H2,1H3. The highest BCUT2D eigenvalue weighted by Crippen LogP contribution is 2.24. The average molecular weight is 336 g/mol. The molecule has 0 aliphatic rings. The van der Waals surface area contributed by atoms with E-state index in [0.717, 1.165) is 4.47 Å². The summed E-state index contributed by atoms with van der Waals surface area (Å²) in [5.41, 5.74) is 0.644. The number of hydrogen-bond acceptors (Lipinski definition) is 2. The van der Waals surface area contributed by atoms with Gasteiger partial charge in [0.2, 0.25) is 0 Å². The lowest BCUT2D eigenvalue weighted by molar-refractivity contribution is 0.0986. The van der Waals surface area contributed by atoms with Gasteiger partial charge in [0.15, 0.2) is 5.78 Å². The number of halogens is 2. The number of rotatable bonds is 5. The lowest BCUT2D eigenvalue weighted by Crippen LogP contribution is -2.04. The van der Waals surface area contributed by atoms with Crippen LogP contribution in [0.4, 0.5) is 0 Å². The van der Waals surface area contributed by atoms with Crippen LogP contribution in [0, 0.1) is 0 Å². The second-order valence-electron chi connectivity index (χ2n) is 2.94. The molecule has 0 spiro atoms. The number of Topliss-reactive ketones (excluding diaryl/α,β-unsaturated/α-hetero) is 1. The monoisotopic (exact) mass is 334 g/mol. The van der Waals surface area contributed by atoms with E-state index in [4.69, 9.17) is 4.74 Å². The van der Waals surface area contributed by atoms with Crippen molar-refractivity contribution in [3.8, 4) is 5.75 Å². The topological polar surface area (TPSA) is 26.3 Å². The quantitative estimate of drug-likeness (QED) is 0.604. The van der Waals surface area contributed by atoms with Gasteiger partial charge in [0.05, 0.1) is 12.2 Å². The van der Waals surface area contributed by atoms with Crippen LogP contribution in [-0.4, -0.2) is 17.7 Å². The van der Waals surface area contributed by atoms with Gasteiger partial charge < -0.3 is 4.74 Å². The van der Waals surface area contributed by atoms with Gasteiger partial charge in [0, 0.05) is 16.2 Å². The van der Waals surface area contributed by atoms with Crippen molar-refractivity contribution in [2.24, 2.45) is 0 Å². The fraction of sp³-hybridized carbons (Fsp3) is 0.364. The molecule has 0 bridgehead atoms. The minimum Gasteiger partial charge on any atom is -0.493 e. The third kappa shape index (κ3) is 3.61. The number of alkyl halides is 1. The Balaban J connectivity index is 3.00. The third-order valence-corrected chi connectivity index (χ3v) is 2.75. The first-order chi connectivity index (χ1) is 7.19. The second-order valence-corrected chi connectivity index (χ2v) is 4.64. The Morgan fingerprint density at radius 2 is 2.20 bits per heavy atom. The first-order valence-corrected chi connectivity index (χ1v) is 6.62. The predicted molar refractivity (Wildman–Crippen MR) is 68.1 cm³/mol. The molecule has 1 aromatic carbocycles. The van der Waals surface area contributed by atoms with E-state index in [-0.39, 0.29) is 5.78 Å². The maximum atomic E-state index is 11.8. The lowest BCUT2D eigenvalue weighted by atomic mass is 10.1. The van der Waals surface area contributed by atoms with Crippen molar-refractivity contribution in [2.45, 2.75) is 13.3 Å². The van der Waals surface area contributed by atoms with E-state index < -0.39 is 0 Å². The molecule has 0 radical (unpaired) electrons. The molecule has 4 heteroatoms. The highest BCUT2D eigenvalue weighted by Gasteiger charge is 2.12. The van der Waals surface area contributed by atoms with Gasteiger partial charge in [-0.05, 0) is 25.1 Å². The highest BCUT2D eigenvalue weighted by atomic mass is 79.9. The molecule has 0 aromatic heterocycles. The molecule has 0 N–H and O–H groups in total. The fourth-order valence-corrected chi connectivity index (χ4v) is 1.94. The van der Waals surface area contributed by atoms with Crippen molar-refractivity contribution in [1.29, 1.82) is 0 Å². The minimum atomic E-state index is 0.0941. The van der Waals surface area contributed by atoms with Gasteiger partial charge >= 0.3 is 0 Å². The van der Waals surface area contributed by atoms with E-state index in [0.29, 0.717) is 29.7 Å². The van der Waals surface area contributed by atoms with E-state index in [9.17, 15) is 4.79 Å². The van der Waals surface area contributed by atoms with E-state index >= 15 is 0 Å². The Labute approximate surface area is 106 Å². The van der Waals surface area contributed by atoms with E-state index in [1.807, 2.05) is 19.1 Å². The first-order valence-electron chi connectivity index (χ1n) is 4.70. The summed E-state index contributed by atoms with van der Waals surface area (Å²) in [5, 5.41) is 0.671. The van der Waals surface area contributed by atoms with Crippen LogP contribution in [0.15, 0.2) is 22.7 Å². The zero-order valence-corrected chi connectivity index (χ0v) is 11.6. The molecule has 2 nitrogen and oxygen atoms in total. The predicted octanol–water partition coefficient (Wildman–Crippen LogP) is 3.82. The molecule has 15 heavy (non-hydrogen) atoms. The molecule has 0 amide bonds. The number of ketones is 1. The van der Waals surface area contributed by atoms with Crippen LogP contribution in [0.2, 0.25) is 0 Å². The van der Waals surface area contributed by atoms with Crippen molar-refractivity contribution >= 4 is 37.6 Å². The first kappa shape index (κ1) is 12.7. The highest BCUT2D eigenvalue weighted by molar-refractivity contribution is 9.10. The van der Waals surface area contributed by atoms with Crippen molar-refractivity contribution < 1.29 is 9.53 Å². The van der Waals surface area contributed by atoms with Gasteiger partial charge in [-0.25, -0.2) is 0 Å².